The first-order valence-electron chi connectivity index (χ1n) is 7.23. The molecule has 1 heterocycles. The van der Waals surface area contributed by atoms with Crippen molar-refractivity contribution in [3.05, 3.63) is 41.5 Å². The average molecular weight is 351 g/mol. The van der Waals surface area contributed by atoms with E-state index in [0.29, 0.717) is 0 Å². The van der Waals surface area contributed by atoms with Crippen LogP contribution in [0.3, 0.4) is 0 Å². The van der Waals surface area contributed by atoms with Crippen LogP contribution in [0, 0.1) is 5.92 Å². The molecule has 2 nitrogen and oxygen atoms in total. The van der Waals surface area contributed by atoms with Gasteiger partial charge >= 0.3 is 12.4 Å². The summed E-state index contributed by atoms with van der Waals surface area (Å²) in [4.78, 5) is 13.5. The molecule has 0 saturated carbocycles. The highest BCUT2D eigenvalue weighted by molar-refractivity contribution is 5.95. The predicted molar refractivity (Wildman–Crippen MR) is 76.2 cm³/mol. The second-order valence-corrected chi connectivity index (χ2v) is 5.61. The second-order valence-electron chi connectivity index (χ2n) is 5.61. The lowest BCUT2D eigenvalue weighted by atomic mass is 9.95. The summed E-state index contributed by atoms with van der Waals surface area (Å²) in [5, 5.41) is 0. The molecule has 8 heteroatoms. The van der Waals surface area contributed by atoms with Gasteiger partial charge in [0, 0.05) is 18.7 Å². The number of halogens is 6. The topological polar surface area (TPSA) is 20.3 Å². The Balaban J connectivity index is 2.15. The number of hydrogen-bond donors (Lipinski definition) is 0. The molecular formula is C16H15F6NO. The lowest BCUT2D eigenvalue weighted by molar-refractivity contribution is -0.183. The van der Waals surface area contributed by atoms with Gasteiger partial charge in [0.2, 0.25) is 0 Å². The van der Waals surface area contributed by atoms with Crippen LogP contribution in [0.2, 0.25) is 0 Å². The fourth-order valence-electron chi connectivity index (χ4n) is 2.72. The van der Waals surface area contributed by atoms with Crippen molar-refractivity contribution < 1.29 is 31.1 Å². The zero-order valence-corrected chi connectivity index (χ0v) is 12.5. The monoisotopic (exact) mass is 351 g/mol. The zero-order chi connectivity index (χ0) is 18.1. The number of alkyl halides is 6. The number of amides is 1. The molecule has 1 aromatic carbocycles. The lowest BCUT2D eigenvalue weighted by Gasteiger charge is -2.33. The minimum Gasteiger partial charge on any atom is -0.339 e. The first-order chi connectivity index (χ1) is 11.0. The first kappa shape index (κ1) is 18.4. The van der Waals surface area contributed by atoms with Gasteiger partial charge in [-0.3, -0.25) is 4.79 Å². The highest BCUT2D eigenvalue weighted by Gasteiger charge is 2.42. The maximum absolute atomic E-state index is 12.8. The summed E-state index contributed by atoms with van der Waals surface area (Å²) in [7, 11) is 0. The van der Waals surface area contributed by atoms with Crippen molar-refractivity contribution >= 4 is 12.0 Å². The summed E-state index contributed by atoms with van der Waals surface area (Å²) < 4.78 is 76.4. The van der Waals surface area contributed by atoms with Gasteiger partial charge in [0.05, 0.1) is 11.5 Å². The summed E-state index contributed by atoms with van der Waals surface area (Å²) in [5.41, 5.74) is -1.15. The number of hydrogen-bond acceptors (Lipinski definition) is 1. The van der Waals surface area contributed by atoms with Gasteiger partial charge in [0.15, 0.2) is 0 Å². The largest absolute Gasteiger partial charge is 0.416 e. The summed E-state index contributed by atoms with van der Waals surface area (Å²) in [6.07, 6.45) is -8.28. The minimum atomic E-state index is -4.57. The van der Waals surface area contributed by atoms with E-state index in [-0.39, 0.29) is 37.1 Å². The molecule has 0 unspecified atom stereocenters. The standard InChI is InChI=1S/C16H15F6NO/c1-2-10-9-11(3-4-13(10)16(20,21)22)14(24)23-7-5-12(6-8-23)15(17,18)19/h2-4,9,12H,1,5-8H2. The van der Waals surface area contributed by atoms with E-state index in [0.717, 1.165) is 24.3 Å². The van der Waals surface area contributed by atoms with Gasteiger partial charge in [0.25, 0.3) is 5.91 Å². The smallest absolute Gasteiger partial charge is 0.339 e. The molecule has 0 radical (unpaired) electrons. The Morgan fingerprint density at radius 3 is 2.17 bits per heavy atom. The molecule has 1 saturated heterocycles. The summed E-state index contributed by atoms with van der Waals surface area (Å²) in [5.74, 6) is -2.02. The molecule has 2 rings (SSSR count). The van der Waals surface area contributed by atoms with E-state index in [2.05, 4.69) is 6.58 Å². The first-order valence-corrected chi connectivity index (χ1v) is 7.23. The normalized spacial score (nSPS) is 17.0. The Hall–Kier alpha value is -1.99. The average Bonchev–Trinajstić information content (AvgIpc) is 2.52. The Labute approximate surface area is 134 Å². The van der Waals surface area contributed by atoms with Gasteiger partial charge in [-0.1, -0.05) is 12.7 Å². The molecule has 1 aliphatic rings. The van der Waals surface area contributed by atoms with Gasteiger partial charge in [-0.25, -0.2) is 0 Å². The molecule has 0 aliphatic carbocycles. The Kier molecular flexibility index (Phi) is 4.96. The third kappa shape index (κ3) is 3.91. The van der Waals surface area contributed by atoms with E-state index in [9.17, 15) is 31.1 Å². The van der Waals surface area contributed by atoms with Crippen molar-refractivity contribution in [2.45, 2.75) is 25.2 Å². The third-order valence-corrected chi connectivity index (χ3v) is 4.07. The van der Waals surface area contributed by atoms with Crippen molar-refractivity contribution in [3.8, 4) is 0 Å². The molecule has 1 fully saturated rings. The molecule has 0 spiro atoms. The Bertz CT molecular complexity index is 626. The molecule has 132 valence electrons. The molecule has 1 aliphatic heterocycles. The predicted octanol–water partition coefficient (Wildman–Crippen LogP) is 4.76. The Morgan fingerprint density at radius 1 is 1.12 bits per heavy atom. The number of nitrogens with zero attached hydrogens (tertiary/aromatic N) is 1. The van der Waals surface area contributed by atoms with E-state index in [4.69, 9.17) is 0 Å². The number of carbonyl (C=O) groups is 1. The van der Waals surface area contributed by atoms with Crippen LogP contribution in [0.5, 0.6) is 0 Å². The van der Waals surface area contributed by atoms with Crippen molar-refractivity contribution in [1.82, 2.24) is 4.90 Å². The maximum atomic E-state index is 12.8. The lowest BCUT2D eigenvalue weighted by Crippen LogP contribution is -2.42. The van der Waals surface area contributed by atoms with Crippen molar-refractivity contribution in [2.24, 2.45) is 5.92 Å². The van der Waals surface area contributed by atoms with Crippen LogP contribution in [-0.2, 0) is 6.18 Å². The van der Waals surface area contributed by atoms with Crippen LogP contribution in [0.4, 0.5) is 26.3 Å². The van der Waals surface area contributed by atoms with Crippen LogP contribution in [0.1, 0.15) is 34.3 Å². The summed E-state index contributed by atoms with van der Waals surface area (Å²) >= 11 is 0. The van der Waals surface area contributed by atoms with Crippen LogP contribution in [0.25, 0.3) is 6.08 Å². The van der Waals surface area contributed by atoms with Crippen LogP contribution in [0.15, 0.2) is 24.8 Å². The third-order valence-electron chi connectivity index (χ3n) is 4.07. The van der Waals surface area contributed by atoms with E-state index >= 15 is 0 Å². The van der Waals surface area contributed by atoms with Gasteiger partial charge in [-0.2, -0.15) is 26.3 Å². The second kappa shape index (κ2) is 6.49. The molecule has 1 aromatic rings. The molecule has 0 aromatic heterocycles. The van der Waals surface area contributed by atoms with E-state index in [1.807, 2.05) is 0 Å². The zero-order valence-electron chi connectivity index (χ0n) is 12.5. The number of piperidine rings is 1. The molecular weight excluding hydrogens is 336 g/mol. The van der Waals surface area contributed by atoms with Crippen molar-refractivity contribution in [2.75, 3.05) is 13.1 Å². The molecule has 24 heavy (non-hydrogen) atoms. The van der Waals surface area contributed by atoms with Crippen molar-refractivity contribution in [3.63, 3.8) is 0 Å². The fraction of sp³-hybridized carbons (Fsp3) is 0.438. The number of rotatable bonds is 2. The summed E-state index contributed by atoms with van der Waals surface area (Å²) in [6.45, 7) is 3.15. The minimum absolute atomic E-state index is 0.00311. The quantitative estimate of drug-likeness (QED) is 0.704. The van der Waals surface area contributed by atoms with Gasteiger partial charge in [-0.15, -0.1) is 0 Å². The SMILES string of the molecule is C=Cc1cc(C(=O)N2CCC(C(F)(F)F)CC2)ccc1C(F)(F)F. The molecule has 0 atom stereocenters. The van der Waals surface area contributed by atoms with Gasteiger partial charge < -0.3 is 4.90 Å². The fourth-order valence-corrected chi connectivity index (χ4v) is 2.72. The van der Waals surface area contributed by atoms with E-state index in [1.165, 1.54) is 4.90 Å². The number of likely N-dealkylation sites (tertiary alicyclic amines) is 1. The van der Waals surface area contributed by atoms with E-state index < -0.39 is 29.7 Å². The molecule has 0 bridgehead atoms. The number of benzene rings is 1. The summed E-state index contributed by atoms with van der Waals surface area (Å²) in [6, 6.07) is 2.88. The van der Waals surface area contributed by atoms with Crippen molar-refractivity contribution in [1.29, 1.82) is 0 Å². The molecule has 1 amide bonds. The Morgan fingerprint density at radius 2 is 1.71 bits per heavy atom. The highest BCUT2D eigenvalue weighted by atomic mass is 19.4. The van der Waals surface area contributed by atoms with E-state index in [1.54, 1.807) is 0 Å². The number of carbonyl (C=O) groups excluding carboxylic acids is 1. The van der Waals surface area contributed by atoms with Gasteiger partial charge in [0.1, 0.15) is 0 Å². The highest BCUT2D eigenvalue weighted by Crippen LogP contribution is 2.35. The molecule has 0 N–H and O–H groups in total. The van der Waals surface area contributed by atoms with Gasteiger partial charge in [-0.05, 0) is 36.6 Å². The van der Waals surface area contributed by atoms with Crippen LogP contribution >= 0.6 is 0 Å². The van der Waals surface area contributed by atoms with Crippen LogP contribution < -0.4 is 0 Å². The maximum Gasteiger partial charge on any atom is 0.416 e. The van der Waals surface area contributed by atoms with Crippen LogP contribution in [-0.4, -0.2) is 30.1 Å².